The van der Waals surface area contributed by atoms with Gasteiger partial charge in [-0.3, -0.25) is 4.79 Å². The number of alkyl halides is 2. The SMILES string of the molecule is NC(N)=NC(=O)c1ccc2cccc(-c3c(F)cccc3OC(F)F)c2c1. The summed E-state index contributed by atoms with van der Waals surface area (Å²) in [4.78, 5) is 15.5. The van der Waals surface area contributed by atoms with E-state index >= 15 is 0 Å². The van der Waals surface area contributed by atoms with Gasteiger partial charge in [0, 0.05) is 5.56 Å². The molecule has 138 valence electrons. The van der Waals surface area contributed by atoms with E-state index in [-0.39, 0.29) is 16.9 Å². The van der Waals surface area contributed by atoms with Gasteiger partial charge in [-0.25, -0.2) is 4.39 Å². The third-order valence-electron chi connectivity index (χ3n) is 3.82. The third-order valence-corrected chi connectivity index (χ3v) is 3.82. The summed E-state index contributed by atoms with van der Waals surface area (Å²) in [7, 11) is 0. The maximum atomic E-state index is 14.5. The van der Waals surface area contributed by atoms with Crippen molar-refractivity contribution in [3.05, 3.63) is 66.0 Å². The van der Waals surface area contributed by atoms with Gasteiger partial charge >= 0.3 is 6.61 Å². The van der Waals surface area contributed by atoms with Crippen LogP contribution in [-0.4, -0.2) is 18.5 Å². The Morgan fingerprint density at radius 1 is 1.04 bits per heavy atom. The molecule has 3 aromatic carbocycles. The molecule has 0 heterocycles. The minimum atomic E-state index is -3.11. The van der Waals surface area contributed by atoms with Crippen molar-refractivity contribution in [1.29, 1.82) is 0 Å². The van der Waals surface area contributed by atoms with Gasteiger partial charge in [-0.15, -0.1) is 0 Å². The number of carbonyl (C=O) groups is 1. The number of nitrogens with zero attached hydrogens (tertiary/aromatic N) is 1. The molecule has 4 N–H and O–H groups in total. The van der Waals surface area contributed by atoms with Gasteiger partial charge in [0.2, 0.25) is 0 Å². The molecule has 0 fully saturated rings. The number of rotatable bonds is 4. The highest BCUT2D eigenvalue weighted by Crippen LogP contribution is 2.38. The van der Waals surface area contributed by atoms with Gasteiger partial charge in [0.15, 0.2) is 5.96 Å². The van der Waals surface area contributed by atoms with Crippen LogP contribution in [0.3, 0.4) is 0 Å². The van der Waals surface area contributed by atoms with Crippen molar-refractivity contribution in [2.24, 2.45) is 16.5 Å². The molecule has 3 rings (SSSR count). The number of benzene rings is 3. The molecule has 0 saturated heterocycles. The summed E-state index contributed by atoms with van der Waals surface area (Å²) in [5.74, 6) is -2.11. The largest absolute Gasteiger partial charge is 0.434 e. The van der Waals surface area contributed by atoms with E-state index in [1.165, 1.54) is 24.3 Å². The molecule has 0 spiro atoms. The van der Waals surface area contributed by atoms with Crippen LogP contribution >= 0.6 is 0 Å². The van der Waals surface area contributed by atoms with E-state index in [2.05, 4.69) is 9.73 Å². The Morgan fingerprint density at radius 3 is 2.48 bits per heavy atom. The van der Waals surface area contributed by atoms with Crippen LogP contribution in [0.1, 0.15) is 10.4 Å². The van der Waals surface area contributed by atoms with Crippen LogP contribution in [-0.2, 0) is 0 Å². The molecule has 0 saturated carbocycles. The second kappa shape index (κ2) is 7.36. The Labute approximate surface area is 152 Å². The Bertz CT molecular complexity index is 1050. The smallest absolute Gasteiger partial charge is 0.387 e. The normalized spacial score (nSPS) is 10.8. The van der Waals surface area contributed by atoms with Crippen LogP contribution in [0.15, 0.2) is 59.6 Å². The number of amides is 1. The van der Waals surface area contributed by atoms with Gasteiger partial charge in [0.1, 0.15) is 11.6 Å². The first-order valence-electron chi connectivity index (χ1n) is 7.77. The summed E-state index contributed by atoms with van der Waals surface area (Å²) in [6.45, 7) is -3.11. The number of ether oxygens (including phenoxy) is 1. The van der Waals surface area contributed by atoms with Gasteiger partial charge in [0.25, 0.3) is 5.91 Å². The zero-order valence-corrected chi connectivity index (χ0v) is 13.8. The van der Waals surface area contributed by atoms with Gasteiger partial charge in [-0.1, -0.05) is 30.3 Å². The first-order chi connectivity index (χ1) is 12.9. The first-order valence-corrected chi connectivity index (χ1v) is 7.77. The summed E-state index contributed by atoms with van der Waals surface area (Å²) in [6.07, 6.45) is 0. The number of guanidine groups is 1. The van der Waals surface area contributed by atoms with Crippen molar-refractivity contribution in [3.63, 3.8) is 0 Å². The highest BCUT2D eigenvalue weighted by atomic mass is 19.3. The zero-order valence-electron chi connectivity index (χ0n) is 13.8. The van der Waals surface area contributed by atoms with Crippen LogP contribution in [0.25, 0.3) is 21.9 Å². The zero-order chi connectivity index (χ0) is 19.6. The van der Waals surface area contributed by atoms with Crippen LogP contribution in [0, 0.1) is 5.82 Å². The van der Waals surface area contributed by atoms with Crippen LogP contribution in [0.2, 0.25) is 0 Å². The monoisotopic (exact) mass is 373 g/mol. The lowest BCUT2D eigenvalue weighted by molar-refractivity contribution is -0.0495. The van der Waals surface area contributed by atoms with E-state index in [1.807, 2.05) is 0 Å². The molecule has 27 heavy (non-hydrogen) atoms. The fraction of sp³-hybridized carbons (Fsp3) is 0.0526. The van der Waals surface area contributed by atoms with Gasteiger partial charge in [-0.2, -0.15) is 13.8 Å². The lowest BCUT2D eigenvalue weighted by Crippen LogP contribution is -2.24. The highest BCUT2D eigenvalue weighted by Gasteiger charge is 2.18. The number of aliphatic imine (C=N–C) groups is 1. The maximum absolute atomic E-state index is 14.5. The minimum absolute atomic E-state index is 0.130. The van der Waals surface area contributed by atoms with Crippen molar-refractivity contribution in [1.82, 2.24) is 0 Å². The second-order valence-electron chi connectivity index (χ2n) is 5.57. The maximum Gasteiger partial charge on any atom is 0.387 e. The molecule has 0 aliphatic carbocycles. The number of halogens is 3. The lowest BCUT2D eigenvalue weighted by Gasteiger charge is -2.14. The highest BCUT2D eigenvalue weighted by molar-refractivity contribution is 6.06. The topological polar surface area (TPSA) is 90.7 Å². The summed E-state index contributed by atoms with van der Waals surface area (Å²) in [6, 6.07) is 13.2. The van der Waals surface area contributed by atoms with Crippen LogP contribution in [0.5, 0.6) is 5.75 Å². The molecule has 0 bridgehead atoms. The predicted molar refractivity (Wildman–Crippen MR) is 96.1 cm³/mol. The van der Waals surface area contributed by atoms with E-state index in [9.17, 15) is 18.0 Å². The summed E-state index contributed by atoms with van der Waals surface area (Å²) in [5, 5.41) is 1.12. The summed E-state index contributed by atoms with van der Waals surface area (Å²) >= 11 is 0. The average Bonchev–Trinajstić information content (AvgIpc) is 2.60. The number of fused-ring (bicyclic) bond motifs is 1. The summed E-state index contributed by atoms with van der Waals surface area (Å²) in [5.41, 5.74) is 10.8. The van der Waals surface area contributed by atoms with Crippen molar-refractivity contribution >= 4 is 22.6 Å². The number of hydrogen-bond donors (Lipinski definition) is 2. The molecule has 0 aliphatic rings. The molecule has 3 aromatic rings. The molecule has 1 amide bonds. The lowest BCUT2D eigenvalue weighted by atomic mass is 9.95. The Hall–Kier alpha value is -3.55. The molecule has 0 aliphatic heterocycles. The Kier molecular flexibility index (Phi) is 4.98. The van der Waals surface area contributed by atoms with E-state index in [0.29, 0.717) is 16.3 Å². The molecule has 0 radical (unpaired) electrons. The molecule has 0 atom stereocenters. The standard InChI is InChI=1S/C19H14F3N3O2/c20-14-5-2-6-15(27-18(21)22)16(14)12-4-1-3-10-7-8-11(9-13(10)12)17(26)25-19(23)24/h1-9,18H,(H4,23,24,25,26). The molecule has 5 nitrogen and oxygen atoms in total. The third kappa shape index (κ3) is 3.84. The number of nitrogens with two attached hydrogens (primary N) is 2. The van der Waals surface area contributed by atoms with Crippen LogP contribution < -0.4 is 16.2 Å². The number of hydrogen-bond acceptors (Lipinski definition) is 2. The Balaban J connectivity index is 2.24. The average molecular weight is 373 g/mol. The van der Waals surface area contributed by atoms with Crippen molar-refractivity contribution in [3.8, 4) is 16.9 Å². The van der Waals surface area contributed by atoms with E-state index in [1.54, 1.807) is 24.3 Å². The van der Waals surface area contributed by atoms with Crippen molar-refractivity contribution < 1.29 is 22.7 Å². The Morgan fingerprint density at radius 2 is 1.78 bits per heavy atom. The van der Waals surface area contributed by atoms with Gasteiger partial charge in [-0.05, 0) is 40.6 Å². The molecule has 0 unspecified atom stereocenters. The quantitative estimate of drug-likeness (QED) is 0.539. The van der Waals surface area contributed by atoms with E-state index in [4.69, 9.17) is 11.5 Å². The summed E-state index contributed by atoms with van der Waals surface area (Å²) < 4.78 is 44.4. The van der Waals surface area contributed by atoms with Crippen LogP contribution in [0.4, 0.5) is 13.2 Å². The van der Waals surface area contributed by atoms with Gasteiger partial charge in [0.05, 0.1) is 5.56 Å². The van der Waals surface area contributed by atoms with Gasteiger partial charge < -0.3 is 16.2 Å². The first kappa shape index (κ1) is 18.2. The van der Waals surface area contributed by atoms with E-state index in [0.717, 1.165) is 6.07 Å². The minimum Gasteiger partial charge on any atom is -0.434 e. The molecule has 8 heteroatoms. The van der Waals surface area contributed by atoms with E-state index < -0.39 is 24.3 Å². The van der Waals surface area contributed by atoms with Crippen molar-refractivity contribution in [2.45, 2.75) is 6.61 Å². The fourth-order valence-electron chi connectivity index (χ4n) is 2.77. The van der Waals surface area contributed by atoms with Crippen molar-refractivity contribution in [2.75, 3.05) is 0 Å². The molecular formula is C19H14F3N3O2. The molecular weight excluding hydrogens is 359 g/mol. The predicted octanol–water partition coefficient (Wildman–Crippen LogP) is 3.66. The second-order valence-corrected chi connectivity index (χ2v) is 5.57. The molecule has 0 aromatic heterocycles. The fourth-order valence-corrected chi connectivity index (χ4v) is 2.77. The number of carbonyl (C=O) groups excluding carboxylic acids is 1.